The molecule has 5 nitrogen and oxygen atoms in total. The number of nitriles is 1. The van der Waals surface area contributed by atoms with Crippen molar-refractivity contribution in [2.24, 2.45) is 0 Å². The molecule has 7 heteroatoms. The van der Waals surface area contributed by atoms with E-state index in [0.29, 0.717) is 11.4 Å². The van der Waals surface area contributed by atoms with Gasteiger partial charge in [0.1, 0.15) is 22.7 Å². The predicted octanol–water partition coefficient (Wildman–Crippen LogP) is 3.52. The molecule has 1 aromatic heterocycles. The van der Waals surface area contributed by atoms with Crippen LogP contribution in [0.15, 0.2) is 30.5 Å². The van der Waals surface area contributed by atoms with Crippen LogP contribution >= 0.6 is 23.2 Å². The highest BCUT2D eigenvalue weighted by atomic mass is 35.5. The zero-order valence-corrected chi connectivity index (χ0v) is 12.4. The van der Waals surface area contributed by atoms with Crippen molar-refractivity contribution >= 4 is 34.8 Å². The Bertz CT molecular complexity index is 741. The van der Waals surface area contributed by atoms with Gasteiger partial charge in [-0.1, -0.05) is 29.3 Å². The van der Waals surface area contributed by atoms with Crippen LogP contribution in [0.4, 0.5) is 5.69 Å². The molecule has 106 valence electrons. The first-order valence-corrected chi connectivity index (χ1v) is 6.52. The molecule has 1 amide bonds. The monoisotopic (exact) mass is 321 g/mol. The van der Waals surface area contributed by atoms with Crippen molar-refractivity contribution in [1.82, 2.24) is 4.98 Å². The van der Waals surface area contributed by atoms with Crippen molar-refractivity contribution in [2.75, 3.05) is 12.4 Å². The molecule has 0 unspecified atom stereocenters. The maximum Gasteiger partial charge on any atom is 0.257 e. The van der Waals surface area contributed by atoms with E-state index in [-0.39, 0.29) is 21.3 Å². The van der Waals surface area contributed by atoms with Gasteiger partial charge in [-0.2, -0.15) is 5.26 Å². The van der Waals surface area contributed by atoms with E-state index >= 15 is 0 Å². The minimum absolute atomic E-state index is 0.114. The number of pyridine rings is 1. The van der Waals surface area contributed by atoms with Gasteiger partial charge in [0, 0.05) is 6.20 Å². The molecular formula is C14H9Cl2N3O2. The average molecular weight is 322 g/mol. The standard InChI is InChI=1S/C14H9Cl2N3O2/c1-21-11-4-2-3-8(6-17)12(11)19-14(20)9-5-10(15)13(16)18-7-9/h2-5,7H,1H3,(H,19,20). The number of methoxy groups -OCH3 is 1. The number of para-hydroxylation sites is 1. The van der Waals surface area contributed by atoms with Crippen molar-refractivity contribution in [3.63, 3.8) is 0 Å². The van der Waals surface area contributed by atoms with Crippen LogP contribution in [0.1, 0.15) is 15.9 Å². The number of benzene rings is 1. The second-order valence-electron chi connectivity index (χ2n) is 3.95. The fourth-order valence-electron chi connectivity index (χ4n) is 1.65. The van der Waals surface area contributed by atoms with E-state index in [4.69, 9.17) is 33.2 Å². The van der Waals surface area contributed by atoms with E-state index in [9.17, 15) is 4.79 Å². The number of amides is 1. The Morgan fingerprint density at radius 2 is 2.19 bits per heavy atom. The summed E-state index contributed by atoms with van der Waals surface area (Å²) in [6.45, 7) is 0. The van der Waals surface area contributed by atoms with Gasteiger partial charge < -0.3 is 10.1 Å². The van der Waals surface area contributed by atoms with Crippen LogP contribution in [0.3, 0.4) is 0 Å². The number of nitrogens with zero attached hydrogens (tertiary/aromatic N) is 2. The van der Waals surface area contributed by atoms with Crippen LogP contribution in [0.25, 0.3) is 0 Å². The predicted molar refractivity (Wildman–Crippen MR) is 79.9 cm³/mol. The fraction of sp³-hybridized carbons (Fsp3) is 0.0714. The Morgan fingerprint density at radius 3 is 2.81 bits per heavy atom. The molecule has 0 atom stereocenters. The lowest BCUT2D eigenvalue weighted by Gasteiger charge is -2.11. The Hall–Kier alpha value is -2.29. The number of rotatable bonds is 3. The van der Waals surface area contributed by atoms with Gasteiger partial charge in [-0.25, -0.2) is 4.98 Å². The molecule has 0 fully saturated rings. The Morgan fingerprint density at radius 1 is 1.43 bits per heavy atom. The lowest BCUT2D eigenvalue weighted by atomic mass is 10.1. The van der Waals surface area contributed by atoms with E-state index in [0.717, 1.165) is 0 Å². The molecule has 1 aromatic carbocycles. The van der Waals surface area contributed by atoms with Gasteiger partial charge in [-0.05, 0) is 18.2 Å². The largest absolute Gasteiger partial charge is 0.495 e. The summed E-state index contributed by atoms with van der Waals surface area (Å²) in [7, 11) is 1.45. The number of aromatic nitrogens is 1. The van der Waals surface area contributed by atoms with Gasteiger partial charge in [0.05, 0.1) is 23.3 Å². The van der Waals surface area contributed by atoms with Crippen LogP contribution in [-0.2, 0) is 0 Å². The summed E-state index contributed by atoms with van der Waals surface area (Å²) in [5.41, 5.74) is 0.800. The summed E-state index contributed by atoms with van der Waals surface area (Å²) in [6, 6.07) is 8.26. The van der Waals surface area contributed by atoms with Crippen molar-refractivity contribution in [3.8, 4) is 11.8 Å². The Labute approximate surface area is 131 Å². The zero-order chi connectivity index (χ0) is 15.4. The van der Waals surface area contributed by atoms with Crippen molar-refractivity contribution < 1.29 is 9.53 Å². The van der Waals surface area contributed by atoms with Crippen LogP contribution in [0.5, 0.6) is 5.75 Å². The molecule has 0 aliphatic carbocycles. The molecule has 0 aliphatic rings. The second kappa shape index (κ2) is 6.44. The normalized spacial score (nSPS) is 9.81. The first-order valence-electron chi connectivity index (χ1n) is 5.76. The summed E-state index contributed by atoms with van der Waals surface area (Å²) >= 11 is 11.5. The quantitative estimate of drug-likeness (QED) is 0.877. The molecule has 1 heterocycles. The molecule has 2 rings (SSSR count). The first-order chi connectivity index (χ1) is 10.1. The maximum atomic E-state index is 12.2. The van der Waals surface area contributed by atoms with Gasteiger partial charge in [0.25, 0.3) is 5.91 Å². The second-order valence-corrected chi connectivity index (χ2v) is 4.71. The van der Waals surface area contributed by atoms with Crippen LogP contribution in [0.2, 0.25) is 10.2 Å². The van der Waals surface area contributed by atoms with Gasteiger partial charge in [-0.15, -0.1) is 0 Å². The number of hydrogen-bond acceptors (Lipinski definition) is 4. The van der Waals surface area contributed by atoms with Crippen LogP contribution in [0, 0.1) is 11.3 Å². The molecule has 0 saturated carbocycles. The third-order valence-corrected chi connectivity index (χ3v) is 3.35. The van der Waals surface area contributed by atoms with Crippen molar-refractivity contribution in [1.29, 1.82) is 5.26 Å². The van der Waals surface area contributed by atoms with E-state index in [1.165, 1.54) is 19.4 Å². The summed E-state index contributed by atoms with van der Waals surface area (Å²) in [5, 5.41) is 12.0. The third-order valence-electron chi connectivity index (χ3n) is 2.66. The lowest BCUT2D eigenvalue weighted by molar-refractivity contribution is 0.102. The lowest BCUT2D eigenvalue weighted by Crippen LogP contribution is -2.14. The SMILES string of the molecule is COc1cccc(C#N)c1NC(=O)c1cnc(Cl)c(Cl)c1. The molecule has 21 heavy (non-hydrogen) atoms. The van der Waals surface area contributed by atoms with Crippen LogP contribution < -0.4 is 10.1 Å². The van der Waals surface area contributed by atoms with Gasteiger partial charge in [0.2, 0.25) is 0 Å². The highest BCUT2D eigenvalue weighted by Crippen LogP contribution is 2.28. The number of halogens is 2. The number of anilines is 1. The molecule has 0 bridgehead atoms. The van der Waals surface area contributed by atoms with E-state index in [1.807, 2.05) is 6.07 Å². The average Bonchev–Trinajstić information content (AvgIpc) is 2.50. The Kier molecular flexibility index (Phi) is 4.63. The summed E-state index contributed by atoms with van der Waals surface area (Å²) < 4.78 is 5.14. The number of nitrogens with one attached hydrogen (secondary N) is 1. The summed E-state index contributed by atoms with van der Waals surface area (Å²) in [5.74, 6) is -0.0857. The number of carbonyl (C=O) groups is 1. The topological polar surface area (TPSA) is 75.0 Å². The number of hydrogen-bond donors (Lipinski definition) is 1. The molecule has 0 radical (unpaired) electrons. The molecule has 0 saturated heterocycles. The maximum absolute atomic E-state index is 12.2. The fourth-order valence-corrected chi connectivity index (χ4v) is 1.92. The van der Waals surface area contributed by atoms with Crippen LogP contribution in [-0.4, -0.2) is 18.0 Å². The van der Waals surface area contributed by atoms with Crippen molar-refractivity contribution in [2.45, 2.75) is 0 Å². The Balaban J connectivity index is 2.36. The molecular weight excluding hydrogens is 313 g/mol. The number of ether oxygens (including phenoxy) is 1. The van der Waals surface area contributed by atoms with E-state index in [2.05, 4.69) is 10.3 Å². The minimum Gasteiger partial charge on any atom is -0.495 e. The molecule has 0 aliphatic heterocycles. The smallest absolute Gasteiger partial charge is 0.257 e. The highest BCUT2D eigenvalue weighted by molar-refractivity contribution is 6.41. The third kappa shape index (κ3) is 3.24. The van der Waals surface area contributed by atoms with Crippen molar-refractivity contribution in [3.05, 3.63) is 51.8 Å². The van der Waals surface area contributed by atoms with Gasteiger partial charge >= 0.3 is 0 Å². The molecule has 0 spiro atoms. The van der Waals surface area contributed by atoms with E-state index in [1.54, 1.807) is 18.2 Å². The molecule has 2 aromatic rings. The van der Waals surface area contributed by atoms with Gasteiger partial charge in [-0.3, -0.25) is 4.79 Å². The molecule has 1 N–H and O–H groups in total. The number of carbonyl (C=O) groups excluding carboxylic acids is 1. The summed E-state index contributed by atoms with van der Waals surface area (Å²) in [4.78, 5) is 16.0. The zero-order valence-electron chi connectivity index (χ0n) is 10.9. The van der Waals surface area contributed by atoms with E-state index < -0.39 is 5.91 Å². The first kappa shape index (κ1) is 15.1. The minimum atomic E-state index is -0.470. The highest BCUT2D eigenvalue weighted by Gasteiger charge is 2.15. The summed E-state index contributed by atoms with van der Waals surface area (Å²) in [6.07, 6.45) is 1.30. The van der Waals surface area contributed by atoms with Gasteiger partial charge in [0.15, 0.2) is 0 Å².